The molecule has 0 atom stereocenters. The van der Waals surface area contributed by atoms with Crippen LogP contribution in [0.2, 0.25) is 0 Å². The first-order chi connectivity index (χ1) is 8.91. The van der Waals surface area contributed by atoms with Crippen molar-refractivity contribution in [3.63, 3.8) is 0 Å². The van der Waals surface area contributed by atoms with Gasteiger partial charge in [0.15, 0.2) is 0 Å². The van der Waals surface area contributed by atoms with E-state index in [-0.39, 0.29) is 16.4 Å². The van der Waals surface area contributed by atoms with E-state index in [0.717, 1.165) is 18.4 Å². The number of rotatable bonds is 7. The number of nitrogens with zero attached hydrogens (tertiary/aromatic N) is 1. The van der Waals surface area contributed by atoms with Gasteiger partial charge in [-0.3, -0.25) is 0 Å². The van der Waals surface area contributed by atoms with Crippen LogP contribution in [0, 0.1) is 0 Å². The molecule has 6 heteroatoms. The number of benzene rings is 1. The highest BCUT2D eigenvalue weighted by Crippen LogP contribution is 2.16. The van der Waals surface area contributed by atoms with Gasteiger partial charge in [-0.1, -0.05) is 44.6 Å². The molecule has 4 nitrogen and oxygen atoms in total. The third-order valence-corrected chi connectivity index (χ3v) is 4.85. The largest absolute Gasteiger partial charge is 0.392 e. The first-order valence-corrected chi connectivity index (χ1v) is 8.14. The molecule has 0 spiro atoms. The van der Waals surface area contributed by atoms with Gasteiger partial charge in [0, 0.05) is 6.54 Å². The van der Waals surface area contributed by atoms with Crippen molar-refractivity contribution in [1.29, 1.82) is 0 Å². The molecule has 0 fully saturated rings. The normalized spacial score (nSPS) is 11.7. The van der Waals surface area contributed by atoms with Gasteiger partial charge in [0.2, 0.25) is 10.0 Å². The van der Waals surface area contributed by atoms with Crippen molar-refractivity contribution >= 4 is 27.2 Å². The molecule has 0 bridgehead atoms. The molecule has 106 valence electrons. The fraction of sp³-hybridized carbons (Fsp3) is 0.462. The highest BCUT2D eigenvalue weighted by atomic mass is 32.2. The number of sulfonamides is 1. The molecule has 0 heterocycles. The molecule has 0 aliphatic carbocycles. The molecular weight excluding hydrogens is 280 g/mol. The number of aryl methyl sites for hydroxylation is 1. The summed E-state index contributed by atoms with van der Waals surface area (Å²) in [5.41, 5.74) is 6.57. The first-order valence-electron chi connectivity index (χ1n) is 6.29. The van der Waals surface area contributed by atoms with Crippen LogP contribution in [0.3, 0.4) is 0 Å². The topological polar surface area (TPSA) is 63.4 Å². The van der Waals surface area contributed by atoms with Crippen molar-refractivity contribution in [3.8, 4) is 0 Å². The zero-order valence-corrected chi connectivity index (χ0v) is 12.9. The third kappa shape index (κ3) is 4.26. The molecule has 1 aromatic rings. The van der Waals surface area contributed by atoms with Crippen LogP contribution in [0.5, 0.6) is 0 Å². The van der Waals surface area contributed by atoms with Gasteiger partial charge in [-0.05, 0) is 24.1 Å². The molecule has 0 aliphatic rings. The van der Waals surface area contributed by atoms with E-state index in [9.17, 15) is 8.42 Å². The predicted octanol–water partition coefficient (Wildman–Crippen LogP) is 1.94. The third-order valence-electron chi connectivity index (χ3n) is 2.78. The van der Waals surface area contributed by atoms with E-state index >= 15 is 0 Å². The van der Waals surface area contributed by atoms with Crippen LogP contribution in [0.1, 0.15) is 25.8 Å². The Bertz CT molecular complexity index is 524. The Labute approximate surface area is 120 Å². The summed E-state index contributed by atoms with van der Waals surface area (Å²) in [6.45, 7) is 4.27. The predicted molar refractivity (Wildman–Crippen MR) is 81.7 cm³/mol. The highest BCUT2D eigenvalue weighted by Gasteiger charge is 2.23. The van der Waals surface area contributed by atoms with E-state index in [1.807, 2.05) is 12.1 Å². The SMILES string of the molecule is CCCc1ccc(S(=O)(=O)N(CC)CC(N)=S)cc1. The Morgan fingerprint density at radius 1 is 1.26 bits per heavy atom. The Morgan fingerprint density at radius 2 is 1.84 bits per heavy atom. The van der Waals surface area contributed by atoms with E-state index in [1.165, 1.54) is 4.31 Å². The van der Waals surface area contributed by atoms with Crippen LogP contribution in [-0.2, 0) is 16.4 Å². The van der Waals surface area contributed by atoms with E-state index < -0.39 is 10.0 Å². The van der Waals surface area contributed by atoms with E-state index in [2.05, 4.69) is 6.92 Å². The Morgan fingerprint density at radius 3 is 2.26 bits per heavy atom. The lowest BCUT2D eigenvalue weighted by molar-refractivity contribution is 0.468. The minimum Gasteiger partial charge on any atom is -0.392 e. The van der Waals surface area contributed by atoms with Crippen molar-refractivity contribution in [2.24, 2.45) is 5.73 Å². The smallest absolute Gasteiger partial charge is 0.243 e. The minimum absolute atomic E-state index is 0.0743. The Kier molecular flexibility index (Phi) is 5.90. The number of hydrogen-bond acceptors (Lipinski definition) is 3. The number of nitrogens with two attached hydrogens (primary N) is 1. The summed E-state index contributed by atoms with van der Waals surface area (Å²) < 4.78 is 26.0. The number of thiocarbonyl (C=S) groups is 1. The van der Waals surface area contributed by atoms with Gasteiger partial charge in [-0.25, -0.2) is 8.42 Å². The van der Waals surface area contributed by atoms with Crippen LogP contribution in [0.25, 0.3) is 0 Å². The molecule has 0 radical (unpaired) electrons. The standard InChI is InChI=1S/C13H20N2O2S2/c1-3-5-11-6-8-12(9-7-11)19(16,17)15(4-2)10-13(14)18/h6-9H,3-5,10H2,1-2H3,(H2,14,18). The molecule has 2 N–H and O–H groups in total. The summed E-state index contributed by atoms with van der Waals surface area (Å²) in [6.07, 6.45) is 1.99. The van der Waals surface area contributed by atoms with Crippen molar-refractivity contribution < 1.29 is 8.42 Å². The lowest BCUT2D eigenvalue weighted by atomic mass is 10.1. The minimum atomic E-state index is -3.51. The van der Waals surface area contributed by atoms with E-state index in [0.29, 0.717) is 6.54 Å². The van der Waals surface area contributed by atoms with Gasteiger partial charge in [0.05, 0.1) is 16.4 Å². The zero-order valence-electron chi connectivity index (χ0n) is 11.3. The maximum Gasteiger partial charge on any atom is 0.243 e. The van der Waals surface area contributed by atoms with Crippen LogP contribution in [0.4, 0.5) is 0 Å². The Balaban J connectivity index is 3.01. The quantitative estimate of drug-likeness (QED) is 0.782. The molecule has 0 aromatic heterocycles. The molecule has 0 amide bonds. The molecular formula is C13H20N2O2S2. The second-order valence-corrected chi connectivity index (χ2v) is 6.75. The number of hydrogen-bond donors (Lipinski definition) is 1. The zero-order chi connectivity index (χ0) is 14.5. The van der Waals surface area contributed by atoms with Gasteiger partial charge < -0.3 is 5.73 Å². The fourth-order valence-corrected chi connectivity index (χ4v) is 3.47. The van der Waals surface area contributed by atoms with Gasteiger partial charge in [-0.15, -0.1) is 0 Å². The second kappa shape index (κ2) is 6.98. The van der Waals surface area contributed by atoms with Crippen molar-refractivity contribution in [2.75, 3.05) is 13.1 Å². The molecule has 0 saturated carbocycles. The van der Waals surface area contributed by atoms with Crippen molar-refractivity contribution in [1.82, 2.24) is 4.31 Å². The summed E-state index contributed by atoms with van der Waals surface area (Å²) >= 11 is 4.78. The van der Waals surface area contributed by atoms with Crippen molar-refractivity contribution in [3.05, 3.63) is 29.8 Å². The lowest BCUT2D eigenvalue weighted by Gasteiger charge is -2.19. The summed E-state index contributed by atoms with van der Waals surface area (Å²) in [7, 11) is -3.51. The van der Waals surface area contributed by atoms with Crippen LogP contribution in [-0.4, -0.2) is 30.8 Å². The summed E-state index contributed by atoms with van der Waals surface area (Å²) in [5.74, 6) is 0. The van der Waals surface area contributed by atoms with Crippen LogP contribution >= 0.6 is 12.2 Å². The number of likely N-dealkylation sites (N-methyl/N-ethyl adjacent to an activating group) is 1. The van der Waals surface area contributed by atoms with Gasteiger partial charge in [0.25, 0.3) is 0 Å². The monoisotopic (exact) mass is 300 g/mol. The highest BCUT2D eigenvalue weighted by molar-refractivity contribution is 7.89. The van der Waals surface area contributed by atoms with E-state index in [4.69, 9.17) is 18.0 Å². The van der Waals surface area contributed by atoms with E-state index in [1.54, 1.807) is 19.1 Å². The van der Waals surface area contributed by atoms with Gasteiger partial charge in [0.1, 0.15) is 0 Å². The molecule has 1 aromatic carbocycles. The van der Waals surface area contributed by atoms with Crippen LogP contribution < -0.4 is 5.73 Å². The molecule has 0 unspecified atom stereocenters. The Hall–Kier alpha value is -0.980. The average molecular weight is 300 g/mol. The fourth-order valence-electron chi connectivity index (χ4n) is 1.81. The summed E-state index contributed by atoms with van der Waals surface area (Å²) in [4.78, 5) is 0.457. The van der Waals surface area contributed by atoms with Crippen molar-refractivity contribution in [2.45, 2.75) is 31.6 Å². The van der Waals surface area contributed by atoms with Crippen LogP contribution in [0.15, 0.2) is 29.2 Å². The maximum atomic E-state index is 12.4. The van der Waals surface area contributed by atoms with Gasteiger partial charge in [-0.2, -0.15) is 4.31 Å². The molecule has 1 rings (SSSR count). The second-order valence-electron chi connectivity index (χ2n) is 4.29. The lowest BCUT2D eigenvalue weighted by Crippen LogP contribution is -2.37. The molecule has 0 saturated heterocycles. The summed E-state index contributed by atoms with van der Waals surface area (Å²) in [5, 5.41) is 0. The van der Waals surface area contributed by atoms with Gasteiger partial charge >= 0.3 is 0 Å². The average Bonchev–Trinajstić information content (AvgIpc) is 2.36. The first kappa shape index (κ1) is 16.1. The molecule has 0 aliphatic heterocycles. The molecule has 19 heavy (non-hydrogen) atoms. The maximum absolute atomic E-state index is 12.4. The summed E-state index contributed by atoms with van der Waals surface area (Å²) in [6, 6.07) is 6.99.